The Hall–Kier alpha value is -1.09. The van der Waals surface area contributed by atoms with Crippen molar-refractivity contribution in [2.24, 2.45) is 5.73 Å². The summed E-state index contributed by atoms with van der Waals surface area (Å²) in [6, 6.07) is 5.79. The highest BCUT2D eigenvalue weighted by Gasteiger charge is 2.29. The highest BCUT2D eigenvalue weighted by atomic mass is 19.1. The second kappa shape index (κ2) is 5.05. The van der Waals surface area contributed by atoms with E-state index >= 15 is 0 Å². The average molecular weight is 236 g/mol. The normalized spacial score (nSPS) is 16.9. The van der Waals surface area contributed by atoms with Gasteiger partial charge in [-0.25, -0.2) is 4.39 Å². The molecule has 2 nitrogen and oxygen atoms in total. The van der Waals surface area contributed by atoms with Crippen LogP contribution in [0.1, 0.15) is 32.3 Å². The summed E-state index contributed by atoms with van der Waals surface area (Å²) in [5.41, 5.74) is 8.03. The lowest BCUT2D eigenvalue weighted by molar-refractivity contribution is 0.621. The number of nitrogens with two attached hydrogens (primary N) is 1. The van der Waals surface area contributed by atoms with E-state index in [1.807, 2.05) is 13.0 Å². The molecule has 1 aliphatic rings. The highest BCUT2D eigenvalue weighted by molar-refractivity contribution is 5.55. The zero-order valence-corrected chi connectivity index (χ0v) is 10.6. The molecule has 94 valence electrons. The van der Waals surface area contributed by atoms with Gasteiger partial charge < -0.3 is 10.6 Å². The van der Waals surface area contributed by atoms with Crippen molar-refractivity contribution < 1.29 is 4.39 Å². The van der Waals surface area contributed by atoms with Crippen molar-refractivity contribution in [3.63, 3.8) is 0 Å². The van der Waals surface area contributed by atoms with Gasteiger partial charge in [-0.3, -0.25) is 0 Å². The quantitative estimate of drug-likeness (QED) is 0.851. The highest BCUT2D eigenvalue weighted by Crippen LogP contribution is 2.34. The number of benzene rings is 1. The monoisotopic (exact) mass is 236 g/mol. The average Bonchev–Trinajstić information content (AvgIpc) is 3.05. The van der Waals surface area contributed by atoms with E-state index in [-0.39, 0.29) is 11.9 Å². The van der Waals surface area contributed by atoms with Gasteiger partial charge >= 0.3 is 0 Å². The predicted octanol–water partition coefficient (Wildman–Crippen LogP) is 2.70. The van der Waals surface area contributed by atoms with Crippen LogP contribution in [0, 0.1) is 5.82 Å². The summed E-state index contributed by atoms with van der Waals surface area (Å²) in [5.74, 6) is -0.170. The Morgan fingerprint density at radius 2 is 2.18 bits per heavy atom. The van der Waals surface area contributed by atoms with Crippen LogP contribution in [0.4, 0.5) is 10.1 Å². The SMILES string of the molecule is CCN(c1ccc(F)cc1CC(C)N)C1CC1. The molecular weight excluding hydrogens is 215 g/mol. The number of hydrogen-bond donors (Lipinski definition) is 1. The fourth-order valence-electron chi connectivity index (χ4n) is 2.36. The summed E-state index contributed by atoms with van der Waals surface area (Å²) in [6.07, 6.45) is 3.24. The molecule has 0 bridgehead atoms. The molecule has 0 aliphatic heterocycles. The van der Waals surface area contributed by atoms with E-state index in [1.54, 1.807) is 12.1 Å². The van der Waals surface area contributed by atoms with E-state index < -0.39 is 0 Å². The molecule has 1 fully saturated rings. The Labute approximate surface area is 103 Å². The maximum atomic E-state index is 13.3. The van der Waals surface area contributed by atoms with Crippen molar-refractivity contribution in [1.82, 2.24) is 0 Å². The fourth-order valence-corrected chi connectivity index (χ4v) is 2.36. The van der Waals surface area contributed by atoms with Gasteiger partial charge in [-0.15, -0.1) is 0 Å². The Kier molecular flexibility index (Phi) is 3.67. The van der Waals surface area contributed by atoms with Crippen LogP contribution < -0.4 is 10.6 Å². The minimum absolute atomic E-state index is 0.0634. The third-order valence-electron chi connectivity index (χ3n) is 3.22. The first-order valence-electron chi connectivity index (χ1n) is 6.42. The van der Waals surface area contributed by atoms with Gasteiger partial charge in [0.25, 0.3) is 0 Å². The molecule has 2 rings (SSSR count). The molecule has 2 N–H and O–H groups in total. The topological polar surface area (TPSA) is 29.3 Å². The molecule has 1 unspecified atom stereocenters. The van der Waals surface area contributed by atoms with Crippen molar-refractivity contribution >= 4 is 5.69 Å². The number of halogens is 1. The molecule has 1 saturated carbocycles. The summed E-state index contributed by atoms with van der Waals surface area (Å²) in [5, 5.41) is 0. The molecule has 0 heterocycles. The predicted molar refractivity (Wildman–Crippen MR) is 69.8 cm³/mol. The summed E-state index contributed by atoms with van der Waals surface area (Å²) in [4.78, 5) is 2.37. The van der Waals surface area contributed by atoms with Crippen molar-refractivity contribution in [2.75, 3.05) is 11.4 Å². The summed E-state index contributed by atoms with van der Waals surface area (Å²) >= 11 is 0. The molecule has 0 saturated heterocycles. The minimum Gasteiger partial charge on any atom is -0.369 e. The Balaban J connectivity index is 2.29. The maximum absolute atomic E-state index is 13.3. The van der Waals surface area contributed by atoms with E-state index in [4.69, 9.17) is 5.73 Å². The van der Waals surface area contributed by atoms with E-state index in [0.29, 0.717) is 6.04 Å². The molecule has 3 heteroatoms. The number of anilines is 1. The lowest BCUT2D eigenvalue weighted by Crippen LogP contribution is -2.27. The first-order valence-corrected chi connectivity index (χ1v) is 6.42. The zero-order valence-electron chi connectivity index (χ0n) is 10.6. The van der Waals surface area contributed by atoms with Gasteiger partial charge in [0.15, 0.2) is 0 Å². The maximum Gasteiger partial charge on any atom is 0.123 e. The van der Waals surface area contributed by atoms with Crippen LogP contribution in [0.25, 0.3) is 0 Å². The van der Waals surface area contributed by atoms with Crippen molar-refractivity contribution in [2.45, 2.75) is 45.2 Å². The molecular formula is C14H21FN2. The summed E-state index contributed by atoms with van der Waals surface area (Å²) in [6.45, 7) is 5.08. The standard InChI is InChI=1S/C14H21FN2/c1-3-17(13-5-6-13)14-7-4-12(15)9-11(14)8-10(2)16/h4,7,9-10,13H,3,5-6,8,16H2,1-2H3. The molecule has 0 amide bonds. The van der Waals surface area contributed by atoms with Crippen LogP contribution in [-0.4, -0.2) is 18.6 Å². The third kappa shape index (κ3) is 2.97. The van der Waals surface area contributed by atoms with E-state index in [9.17, 15) is 4.39 Å². The van der Waals surface area contributed by atoms with Crippen LogP contribution in [0.3, 0.4) is 0 Å². The first-order chi connectivity index (χ1) is 8.11. The van der Waals surface area contributed by atoms with E-state index in [2.05, 4.69) is 11.8 Å². The summed E-state index contributed by atoms with van der Waals surface area (Å²) in [7, 11) is 0. The molecule has 0 aromatic heterocycles. The second-order valence-corrected chi connectivity index (χ2v) is 4.97. The third-order valence-corrected chi connectivity index (χ3v) is 3.22. The Bertz CT molecular complexity index is 386. The minimum atomic E-state index is -0.170. The lowest BCUT2D eigenvalue weighted by Gasteiger charge is -2.26. The Morgan fingerprint density at radius 1 is 1.47 bits per heavy atom. The van der Waals surface area contributed by atoms with E-state index in [0.717, 1.165) is 24.2 Å². The molecule has 1 aromatic carbocycles. The van der Waals surface area contributed by atoms with Gasteiger partial charge in [0.2, 0.25) is 0 Å². The van der Waals surface area contributed by atoms with Crippen LogP contribution >= 0.6 is 0 Å². The second-order valence-electron chi connectivity index (χ2n) is 4.97. The van der Waals surface area contributed by atoms with Crippen LogP contribution in [-0.2, 0) is 6.42 Å². The fraction of sp³-hybridized carbons (Fsp3) is 0.571. The first kappa shape index (κ1) is 12.4. The van der Waals surface area contributed by atoms with Gasteiger partial charge in [-0.2, -0.15) is 0 Å². The molecule has 0 radical (unpaired) electrons. The molecule has 1 atom stereocenters. The molecule has 1 aliphatic carbocycles. The number of hydrogen-bond acceptors (Lipinski definition) is 2. The Morgan fingerprint density at radius 3 is 2.71 bits per heavy atom. The number of nitrogens with zero attached hydrogens (tertiary/aromatic N) is 1. The van der Waals surface area contributed by atoms with Crippen molar-refractivity contribution in [1.29, 1.82) is 0 Å². The van der Waals surface area contributed by atoms with Gasteiger partial charge in [0.1, 0.15) is 5.82 Å². The van der Waals surface area contributed by atoms with Crippen molar-refractivity contribution in [3.8, 4) is 0 Å². The van der Waals surface area contributed by atoms with Crippen molar-refractivity contribution in [3.05, 3.63) is 29.6 Å². The van der Waals surface area contributed by atoms with Gasteiger partial charge in [-0.05, 0) is 56.9 Å². The largest absolute Gasteiger partial charge is 0.369 e. The summed E-state index contributed by atoms with van der Waals surface area (Å²) < 4.78 is 13.3. The van der Waals surface area contributed by atoms with Gasteiger partial charge in [0, 0.05) is 24.3 Å². The van der Waals surface area contributed by atoms with Gasteiger partial charge in [0.05, 0.1) is 0 Å². The van der Waals surface area contributed by atoms with Crippen LogP contribution in [0.2, 0.25) is 0 Å². The van der Waals surface area contributed by atoms with Gasteiger partial charge in [-0.1, -0.05) is 0 Å². The van der Waals surface area contributed by atoms with Crippen LogP contribution in [0.5, 0.6) is 0 Å². The molecule has 17 heavy (non-hydrogen) atoms. The smallest absolute Gasteiger partial charge is 0.123 e. The number of rotatable bonds is 5. The van der Waals surface area contributed by atoms with E-state index in [1.165, 1.54) is 12.8 Å². The molecule has 0 spiro atoms. The van der Waals surface area contributed by atoms with Crippen LogP contribution in [0.15, 0.2) is 18.2 Å². The lowest BCUT2D eigenvalue weighted by atomic mass is 10.0. The molecule has 1 aromatic rings. The zero-order chi connectivity index (χ0) is 12.4.